The van der Waals surface area contributed by atoms with Gasteiger partial charge >= 0.3 is 0 Å². The first-order chi connectivity index (χ1) is 7.67. The summed E-state index contributed by atoms with van der Waals surface area (Å²) >= 11 is 0. The van der Waals surface area contributed by atoms with Crippen molar-refractivity contribution in [3.05, 3.63) is 34.9 Å². The molecular weight excluding hydrogens is 204 g/mol. The van der Waals surface area contributed by atoms with Gasteiger partial charge in [-0.05, 0) is 19.7 Å². The lowest BCUT2D eigenvalue weighted by Gasteiger charge is -2.17. The van der Waals surface area contributed by atoms with E-state index in [0.717, 1.165) is 17.0 Å². The second-order valence-corrected chi connectivity index (χ2v) is 3.19. The van der Waals surface area contributed by atoms with Crippen molar-refractivity contribution in [3.63, 3.8) is 0 Å². The summed E-state index contributed by atoms with van der Waals surface area (Å²) in [6.07, 6.45) is 3.67. The molecule has 0 aromatic rings. The SMILES string of the molecule is C=N/C(C)=C1/C=C(OC)C(OC)=CC1=NC. The molecule has 0 saturated heterocycles. The maximum Gasteiger partial charge on any atom is 0.162 e. The van der Waals surface area contributed by atoms with Crippen LogP contribution in [0.2, 0.25) is 0 Å². The van der Waals surface area contributed by atoms with Crippen LogP contribution in [0.15, 0.2) is 44.9 Å². The average Bonchev–Trinajstić information content (AvgIpc) is 2.35. The molecule has 0 aromatic heterocycles. The van der Waals surface area contributed by atoms with Gasteiger partial charge in [-0.25, -0.2) is 0 Å². The van der Waals surface area contributed by atoms with Crippen LogP contribution in [0.4, 0.5) is 0 Å². The molecule has 0 bridgehead atoms. The standard InChI is InChI=1S/C12H16N2O2/c1-8(13-2)9-6-11(15-4)12(16-5)7-10(9)14-3/h6-7H,2H2,1,3-5H3/b9-8-,14-10?. The van der Waals surface area contributed by atoms with Gasteiger partial charge in [0.2, 0.25) is 0 Å². The van der Waals surface area contributed by atoms with Gasteiger partial charge in [0.1, 0.15) is 0 Å². The summed E-state index contributed by atoms with van der Waals surface area (Å²) in [5.74, 6) is 1.32. The maximum atomic E-state index is 5.23. The smallest absolute Gasteiger partial charge is 0.162 e. The number of hydrogen-bond donors (Lipinski definition) is 0. The predicted octanol–water partition coefficient (Wildman–Crippen LogP) is 2.11. The van der Waals surface area contributed by atoms with Crippen molar-refractivity contribution in [1.29, 1.82) is 0 Å². The monoisotopic (exact) mass is 220 g/mol. The number of allylic oxidation sites excluding steroid dienone is 4. The number of aliphatic imine (C=N–C) groups is 2. The Kier molecular flexibility index (Phi) is 4.05. The van der Waals surface area contributed by atoms with Crippen LogP contribution in [-0.2, 0) is 9.47 Å². The molecule has 0 aliphatic heterocycles. The lowest BCUT2D eigenvalue weighted by atomic mass is 10.0. The number of hydrogen-bond acceptors (Lipinski definition) is 4. The summed E-state index contributed by atoms with van der Waals surface area (Å²) in [6, 6.07) is 0. The first kappa shape index (κ1) is 12.2. The molecule has 1 rings (SSSR count). The molecule has 0 heterocycles. The highest BCUT2D eigenvalue weighted by Crippen LogP contribution is 2.24. The zero-order valence-electron chi connectivity index (χ0n) is 10.1. The largest absolute Gasteiger partial charge is 0.493 e. The summed E-state index contributed by atoms with van der Waals surface area (Å²) < 4.78 is 10.4. The van der Waals surface area contributed by atoms with E-state index in [0.29, 0.717) is 11.5 Å². The molecule has 0 amide bonds. The lowest BCUT2D eigenvalue weighted by Crippen LogP contribution is -2.10. The zero-order valence-corrected chi connectivity index (χ0v) is 10.1. The first-order valence-electron chi connectivity index (χ1n) is 4.84. The van der Waals surface area contributed by atoms with E-state index in [9.17, 15) is 0 Å². The van der Waals surface area contributed by atoms with Crippen molar-refractivity contribution in [2.24, 2.45) is 9.98 Å². The van der Waals surface area contributed by atoms with E-state index in [1.807, 2.05) is 19.1 Å². The Morgan fingerprint density at radius 3 is 2.19 bits per heavy atom. The van der Waals surface area contributed by atoms with Crippen LogP contribution in [0, 0.1) is 0 Å². The molecule has 0 spiro atoms. The molecule has 4 heteroatoms. The van der Waals surface area contributed by atoms with Crippen molar-refractivity contribution in [3.8, 4) is 0 Å². The normalized spacial score (nSPS) is 21.1. The van der Waals surface area contributed by atoms with Crippen LogP contribution in [0.25, 0.3) is 0 Å². The molecule has 0 aromatic carbocycles. The number of nitrogens with zero attached hydrogens (tertiary/aromatic N) is 2. The quantitative estimate of drug-likeness (QED) is 0.684. The Hall–Kier alpha value is -1.84. The van der Waals surface area contributed by atoms with Gasteiger partial charge in [-0.2, -0.15) is 0 Å². The highest BCUT2D eigenvalue weighted by molar-refractivity contribution is 6.12. The van der Waals surface area contributed by atoms with Gasteiger partial charge in [0.15, 0.2) is 11.5 Å². The number of methoxy groups -OCH3 is 2. The Labute approximate surface area is 95.7 Å². The average molecular weight is 220 g/mol. The van der Waals surface area contributed by atoms with E-state index in [2.05, 4.69) is 16.7 Å². The molecule has 4 nitrogen and oxygen atoms in total. The molecule has 1 aliphatic carbocycles. The number of rotatable bonds is 3. The van der Waals surface area contributed by atoms with Gasteiger partial charge in [-0.3, -0.25) is 9.98 Å². The minimum atomic E-state index is 0.656. The van der Waals surface area contributed by atoms with Gasteiger partial charge < -0.3 is 9.47 Å². The van der Waals surface area contributed by atoms with E-state index in [1.165, 1.54) is 0 Å². The van der Waals surface area contributed by atoms with Crippen LogP contribution in [-0.4, -0.2) is 33.7 Å². The van der Waals surface area contributed by atoms with Crippen LogP contribution in [0.5, 0.6) is 0 Å². The van der Waals surface area contributed by atoms with Gasteiger partial charge in [0.05, 0.1) is 19.9 Å². The molecule has 16 heavy (non-hydrogen) atoms. The fourth-order valence-electron chi connectivity index (χ4n) is 1.43. The fourth-order valence-corrected chi connectivity index (χ4v) is 1.43. The molecule has 0 unspecified atom stereocenters. The number of ether oxygens (including phenoxy) is 2. The lowest BCUT2D eigenvalue weighted by molar-refractivity contribution is 0.220. The summed E-state index contributed by atoms with van der Waals surface area (Å²) in [6.45, 7) is 5.39. The van der Waals surface area contributed by atoms with E-state index in [4.69, 9.17) is 9.47 Å². The second kappa shape index (κ2) is 5.30. The third-order valence-electron chi connectivity index (χ3n) is 2.37. The minimum absolute atomic E-state index is 0.656. The molecule has 0 fully saturated rings. The Morgan fingerprint density at radius 1 is 1.19 bits per heavy atom. The van der Waals surface area contributed by atoms with Crippen molar-refractivity contribution in [1.82, 2.24) is 0 Å². The molecule has 0 radical (unpaired) electrons. The van der Waals surface area contributed by atoms with Crippen molar-refractivity contribution < 1.29 is 9.47 Å². The molecule has 86 valence electrons. The van der Waals surface area contributed by atoms with Crippen LogP contribution in [0.1, 0.15) is 6.92 Å². The molecule has 0 N–H and O–H groups in total. The van der Waals surface area contributed by atoms with E-state index in [-0.39, 0.29) is 0 Å². The van der Waals surface area contributed by atoms with Gasteiger partial charge in [0.25, 0.3) is 0 Å². The zero-order chi connectivity index (χ0) is 12.1. The Bertz CT molecular complexity index is 415. The van der Waals surface area contributed by atoms with Gasteiger partial charge in [-0.1, -0.05) is 0 Å². The molecular formula is C12H16N2O2. The van der Waals surface area contributed by atoms with Gasteiger partial charge in [0, 0.05) is 24.4 Å². The summed E-state index contributed by atoms with van der Waals surface area (Å²) in [5, 5.41) is 0. The topological polar surface area (TPSA) is 43.2 Å². The van der Waals surface area contributed by atoms with Crippen LogP contribution in [0.3, 0.4) is 0 Å². The summed E-state index contributed by atoms with van der Waals surface area (Å²) in [5.41, 5.74) is 2.51. The van der Waals surface area contributed by atoms with E-state index in [1.54, 1.807) is 21.3 Å². The van der Waals surface area contributed by atoms with E-state index >= 15 is 0 Å². The third-order valence-corrected chi connectivity index (χ3v) is 2.37. The minimum Gasteiger partial charge on any atom is -0.493 e. The van der Waals surface area contributed by atoms with Crippen LogP contribution >= 0.6 is 0 Å². The molecule has 1 aliphatic rings. The third kappa shape index (κ3) is 2.21. The first-order valence-corrected chi connectivity index (χ1v) is 4.84. The summed E-state index contributed by atoms with van der Waals surface area (Å²) in [4.78, 5) is 8.09. The maximum absolute atomic E-state index is 5.23. The Morgan fingerprint density at radius 2 is 1.75 bits per heavy atom. The van der Waals surface area contributed by atoms with Crippen molar-refractivity contribution in [2.45, 2.75) is 6.92 Å². The second-order valence-electron chi connectivity index (χ2n) is 3.19. The fraction of sp³-hybridized carbons (Fsp3) is 0.333. The highest BCUT2D eigenvalue weighted by atomic mass is 16.5. The van der Waals surface area contributed by atoms with Crippen molar-refractivity contribution in [2.75, 3.05) is 21.3 Å². The molecule has 0 saturated carbocycles. The van der Waals surface area contributed by atoms with Crippen LogP contribution < -0.4 is 0 Å². The van der Waals surface area contributed by atoms with Gasteiger partial charge in [-0.15, -0.1) is 0 Å². The highest BCUT2D eigenvalue weighted by Gasteiger charge is 2.18. The van der Waals surface area contributed by atoms with E-state index < -0.39 is 0 Å². The Balaban J connectivity index is 3.31. The summed E-state index contributed by atoms with van der Waals surface area (Å²) in [7, 11) is 4.92. The van der Waals surface area contributed by atoms with Crippen molar-refractivity contribution >= 4 is 12.4 Å². The molecule has 0 atom stereocenters. The predicted molar refractivity (Wildman–Crippen MR) is 65.8 cm³/mol.